The molecule has 0 aliphatic carbocycles. The molecule has 0 bridgehead atoms. The highest BCUT2D eigenvalue weighted by Gasteiger charge is 1.99. The van der Waals surface area contributed by atoms with Crippen molar-refractivity contribution in [2.45, 2.75) is 6.92 Å². The summed E-state index contributed by atoms with van der Waals surface area (Å²) in [7, 11) is 5.92. The molecule has 0 atom stereocenters. The molecule has 10 heavy (non-hydrogen) atoms. The largest absolute Gasteiger partial charge is 0.429 e. The number of hydrogen-bond acceptors (Lipinski definition) is 2. The van der Waals surface area contributed by atoms with Gasteiger partial charge in [0.25, 0.3) is 0 Å². The lowest BCUT2D eigenvalue weighted by molar-refractivity contribution is -0.817. The highest BCUT2D eigenvalue weighted by atomic mass is 16.5. The Morgan fingerprint density at radius 2 is 1.90 bits per heavy atom. The average Bonchev–Trinajstić information content (AvgIpc) is 1.59. The summed E-state index contributed by atoms with van der Waals surface area (Å²) in [5.74, 6) is -0.287. The minimum absolute atomic E-state index is 0.287. The number of esters is 1. The molecule has 0 saturated carbocycles. The third kappa shape index (κ3) is 7.17. The molecule has 58 valence electrons. The van der Waals surface area contributed by atoms with Crippen molar-refractivity contribution in [3.05, 3.63) is 12.5 Å². The first-order valence-electron chi connectivity index (χ1n) is 3.08. The predicted octanol–water partition coefficient (Wildman–Crippen LogP) is 0.727. The molecule has 0 heterocycles. The Morgan fingerprint density at radius 3 is 2.20 bits per heavy atom. The molecule has 0 unspecified atom stereocenters. The van der Waals surface area contributed by atoms with Gasteiger partial charge in [0.15, 0.2) is 0 Å². The first-order valence-corrected chi connectivity index (χ1v) is 3.08. The van der Waals surface area contributed by atoms with Crippen LogP contribution in [0.4, 0.5) is 0 Å². The van der Waals surface area contributed by atoms with Crippen LogP contribution in [0.25, 0.3) is 0 Å². The first-order chi connectivity index (χ1) is 4.42. The molecule has 0 rings (SSSR count). The summed E-state index contributed by atoms with van der Waals surface area (Å²) in [6.07, 6.45) is 3.18. The van der Waals surface area contributed by atoms with Crippen molar-refractivity contribution < 1.29 is 14.0 Å². The Morgan fingerprint density at radius 1 is 1.40 bits per heavy atom. The standard InChI is InChI=1S/C7H14NO2/c1-7(9)10-6-5-8(2,3)4/h5-6H,1-4H3/q+1. The van der Waals surface area contributed by atoms with Gasteiger partial charge in [0, 0.05) is 6.92 Å². The number of carbonyl (C=O) groups is 1. The third-order valence-corrected chi connectivity index (χ3v) is 0.742. The number of quaternary nitrogens is 1. The molecule has 0 aromatic carbocycles. The van der Waals surface area contributed by atoms with Gasteiger partial charge in [-0.2, -0.15) is 0 Å². The summed E-state index contributed by atoms with van der Waals surface area (Å²) in [4.78, 5) is 10.2. The van der Waals surface area contributed by atoms with Crippen molar-refractivity contribution in [3.63, 3.8) is 0 Å². The van der Waals surface area contributed by atoms with Gasteiger partial charge >= 0.3 is 5.97 Å². The Labute approximate surface area is 61.5 Å². The van der Waals surface area contributed by atoms with E-state index in [1.165, 1.54) is 13.2 Å². The van der Waals surface area contributed by atoms with E-state index in [1.807, 2.05) is 21.1 Å². The second-order valence-electron chi connectivity index (χ2n) is 3.01. The average molecular weight is 144 g/mol. The Kier molecular flexibility index (Phi) is 3.09. The van der Waals surface area contributed by atoms with E-state index in [9.17, 15) is 4.79 Å². The molecule has 0 N–H and O–H groups in total. The maximum absolute atomic E-state index is 10.2. The molecule has 0 aromatic rings. The second-order valence-corrected chi connectivity index (χ2v) is 3.01. The van der Waals surface area contributed by atoms with Crippen molar-refractivity contribution >= 4 is 5.97 Å². The van der Waals surface area contributed by atoms with Crippen LogP contribution in [0.1, 0.15) is 6.92 Å². The highest BCUT2D eigenvalue weighted by Crippen LogP contribution is 1.91. The summed E-state index contributed by atoms with van der Waals surface area (Å²) >= 11 is 0. The number of rotatable bonds is 2. The van der Waals surface area contributed by atoms with Crippen molar-refractivity contribution in [3.8, 4) is 0 Å². The first kappa shape index (κ1) is 9.17. The van der Waals surface area contributed by atoms with Crippen LogP contribution in [-0.4, -0.2) is 31.6 Å². The van der Waals surface area contributed by atoms with E-state index in [0.717, 1.165) is 0 Å². The van der Waals surface area contributed by atoms with Gasteiger partial charge in [-0.15, -0.1) is 0 Å². The van der Waals surface area contributed by atoms with E-state index < -0.39 is 0 Å². The minimum Gasteiger partial charge on any atom is -0.429 e. The van der Waals surface area contributed by atoms with E-state index in [2.05, 4.69) is 4.74 Å². The van der Waals surface area contributed by atoms with E-state index in [1.54, 1.807) is 6.20 Å². The molecule has 0 saturated heterocycles. The van der Waals surface area contributed by atoms with Crippen LogP contribution >= 0.6 is 0 Å². The van der Waals surface area contributed by atoms with Crippen LogP contribution in [-0.2, 0) is 9.53 Å². The SMILES string of the molecule is CC(=O)OC=C[N+](C)(C)C. The molecule has 0 aromatic heterocycles. The van der Waals surface area contributed by atoms with Gasteiger partial charge < -0.3 is 9.22 Å². The summed E-state index contributed by atoms with van der Waals surface area (Å²) in [6, 6.07) is 0. The molecule has 3 heteroatoms. The Hall–Kier alpha value is -0.830. The molecule has 0 fully saturated rings. The van der Waals surface area contributed by atoms with Crippen LogP contribution in [0.3, 0.4) is 0 Å². The highest BCUT2D eigenvalue weighted by molar-refractivity contribution is 5.66. The minimum atomic E-state index is -0.287. The smallest absolute Gasteiger partial charge is 0.307 e. The molecule has 0 amide bonds. The summed E-state index contributed by atoms with van der Waals surface area (Å²) in [5, 5.41) is 0. The third-order valence-electron chi connectivity index (χ3n) is 0.742. The zero-order valence-corrected chi connectivity index (χ0v) is 6.92. The van der Waals surface area contributed by atoms with Gasteiger partial charge in [0.05, 0.1) is 21.1 Å². The van der Waals surface area contributed by atoms with Crippen LogP contribution < -0.4 is 0 Å². The van der Waals surface area contributed by atoms with Crippen LogP contribution in [0.2, 0.25) is 0 Å². The fourth-order valence-electron chi connectivity index (χ4n) is 0.309. The molecular formula is C7H14NO2+. The maximum Gasteiger partial charge on any atom is 0.307 e. The molecular weight excluding hydrogens is 130 g/mol. The van der Waals surface area contributed by atoms with Gasteiger partial charge in [-0.1, -0.05) is 0 Å². The van der Waals surface area contributed by atoms with E-state index in [-0.39, 0.29) is 5.97 Å². The van der Waals surface area contributed by atoms with E-state index in [0.29, 0.717) is 4.48 Å². The monoisotopic (exact) mass is 144 g/mol. The number of carbonyl (C=O) groups excluding carboxylic acids is 1. The van der Waals surface area contributed by atoms with Crippen LogP contribution in [0, 0.1) is 0 Å². The normalized spacial score (nSPS) is 12.0. The molecule has 3 nitrogen and oxygen atoms in total. The maximum atomic E-state index is 10.2. The molecule has 0 aliphatic heterocycles. The fraction of sp³-hybridized carbons (Fsp3) is 0.571. The fourth-order valence-corrected chi connectivity index (χ4v) is 0.309. The lowest BCUT2D eigenvalue weighted by Gasteiger charge is -2.16. The quantitative estimate of drug-likeness (QED) is 0.324. The van der Waals surface area contributed by atoms with E-state index >= 15 is 0 Å². The zero-order chi connectivity index (χ0) is 8.20. The summed E-state index contributed by atoms with van der Waals surface area (Å²) < 4.78 is 5.23. The van der Waals surface area contributed by atoms with Crippen molar-refractivity contribution in [1.82, 2.24) is 0 Å². The van der Waals surface area contributed by atoms with Gasteiger partial charge in [-0.05, 0) is 0 Å². The predicted molar refractivity (Wildman–Crippen MR) is 38.9 cm³/mol. The number of nitrogens with zero attached hydrogens (tertiary/aromatic N) is 1. The number of ether oxygens (including phenoxy) is 1. The topological polar surface area (TPSA) is 26.3 Å². The van der Waals surface area contributed by atoms with Crippen molar-refractivity contribution in [2.24, 2.45) is 0 Å². The summed E-state index contributed by atoms with van der Waals surface area (Å²) in [6.45, 7) is 1.38. The van der Waals surface area contributed by atoms with Gasteiger partial charge in [0.2, 0.25) is 0 Å². The van der Waals surface area contributed by atoms with Crippen molar-refractivity contribution in [2.75, 3.05) is 21.1 Å². The van der Waals surface area contributed by atoms with E-state index in [4.69, 9.17) is 0 Å². The van der Waals surface area contributed by atoms with Gasteiger partial charge in [-0.3, -0.25) is 4.79 Å². The number of hydrogen-bond donors (Lipinski definition) is 0. The Balaban J connectivity index is 3.67. The molecule has 0 aliphatic rings. The second kappa shape index (κ2) is 3.37. The molecule has 0 radical (unpaired) electrons. The Bertz CT molecular complexity index is 144. The van der Waals surface area contributed by atoms with Crippen LogP contribution in [0.5, 0.6) is 0 Å². The zero-order valence-electron chi connectivity index (χ0n) is 6.92. The van der Waals surface area contributed by atoms with Gasteiger partial charge in [-0.25, -0.2) is 0 Å². The lowest BCUT2D eigenvalue weighted by atomic mass is 10.7. The lowest BCUT2D eigenvalue weighted by Crippen LogP contribution is -2.26. The van der Waals surface area contributed by atoms with Crippen molar-refractivity contribution in [1.29, 1.82) is 0 Å². The summed E-state index contributed by atoms with van der Waals surface area (Å²) in [5.41, 5.74) is 0. The van der Waals surface area contributed by atoms with Gasteiger partial charge in [0.1, 0.15) is 12.5 Å². The van der Waals surface area contributed by atoms with Crippen LogP contribution in [0.15, 0.2) is 12.5 Å². The molecule has 0 spiro atoms.